The van der Waals surface area contributed by atoms with Crippen LogP contribution in [0.5, 0.6) is 0 Å². The SMILES string of the molecule is Cc1ccc(/C=C/C(=O)NN(C)c2ccccc2)cc1Cl. The summed E-state index contributed by atoms with van der Waals surface area (Å²) in [5.41, 5.74) is 5.59. The van der Waals surface area contributed by atoms with Crippen LogP contribution in [0.2, 0.25) is 5.02 Å². The summed E-state index contributed by atoms with van der Waals surface area (Å²) in [6.07, 6.45) is 3.22. The highest BCUT2D eigenvalue weighted by Gasteiger charge is 2.02. The Morgan fingerprint density at radius 1 is 1.19 bits per heavy atom. The van der Waals surface area contributed by atoms with E-state index in [1.807, 2.05) is 55.5 Å². The molecule has 0 aliphatic rings. The van der Waals surface area contributed by atoms with Crippen LogP contribution in [0.1, 0.15) is 11.1 Å². The standard InChI is InChI=1S/C17H17ClN2O/c1-13-8-9-14(12-16(13)18)10-11-17(21)19-20(2)15-6-4-3-5-7-15/h3-12H,1-2H3,(H,19,21)/b11-10+. The Morgan fingerprint density at radius 3 is 2.57 bits per heavy atom. The number of benzene rings is 2. The molecule has 4 heteroatoms. The first kappa shape index (κ1) is 15.1. The van der Waals surface area contributed by atoms with Crippen molar-refractivity contribution in [1.29, 1.82) is 0 Å². The number of hydrogen-bond acceptors (Lipinski definition) is 2. The van der Waals surface area contributed by atoms with Gasteiger partial charge in [-0.1, -0.05) is 41.9 Å². The second-order valence-corrected chi connectivity index (χ2v) is 5.12. The van der Waals surface area contributed by atoms with Gasteiger partial charge in [0.15, 0.2) is 0 Å². The first-order valence-electron chi connectivity index (χ1n) is 6.60. The molecule has 2 rings (SSSR count). The Kier molecular flexibility index (Phi) is 5.01. The summed E-state index contributed by atoms with van der Waals surface area (Å²) in [5, 5.41) is 2.37. The lowest BCUT2D eigenvalue weighted by molar-refractivity contribution is -0.116. The lowest BCUT2D eigenvalue weighted by Crippen LogP contribution is -2.38. The molecule has 0 heterocycles. The van der Waals surface area contributed by atoms with E-state index >= 15 is 0 Å². The summed E-state index contributed by atoms with van der Waals surface area (Å²) < 4.78 is 0. The number of aryl methyl sites for hydroxylation is 1. The number of halogens is 1. The first-order valence-corrected chi connectivity index (χ1v) is 6.97. The van der Waals surface area contributed by atoms with Gasteiger partial charge in [-0.3, -0.25) is 15.2 Å². The van der Waals surface area contributed by atoms with Crippen molar-refractivity contribution in [2.75, 3.05) is 12.1 Å². The fourth-order valence-electron chi connectivity index (χ4n) is 1.80. The highest BCUT2D eigenvalue weighted by Crippen LogP contribution is 2.17. The van der Waals surface area contributed by atoms with E-state index in [1.54, 1.807) is 18.1 Å². The van der Waals surface area contributed by atoms with Gasteiger partial charge in [0.2, 0.25) is 0 Å². The average molecular weight is 301 g/mol. The number of carbonyl (C=O) groups excluding carboxylic acids is 1. The monoisotopic (exact) mass is 300 g/mol. The smallest absolute Gasteiger partial charge is 0.262 e. The Bertz CT molecular complexity index is 653. The van der Waals surface area contributed by atoms with Gasteiger partial charge < -0.3 is 0 Å². The molecular weight excluding hydrogens is 284 g/mol. The number of hydrogen-bond donors (Lipinski definition) is 1. The lowest BCUT2D eigenvalue weighted by Gasteiger charge is -2.19. The number of para-hydroxylation sites is 1. The van der Waals surface area contributed by atoms with Crippen LogP contribution in [0, 0.1) is 6.92 Å². The fourth-order valence-corrected chi connectivity index (χ4v) is 1.99. The zero-order chi connectivity index (χ0) is 15.2. The molecular formula is C17H17ClN2O. The maximum atomic E-state index is 11.9. The van der Waals surface area contributed by atoms with Gasteiger partial charge in [0, 0.05) is 18.1 Å². The summed E-state index contributed by atoms with van der Waals surface area (Å²) in [7, 11) is 1.80. The molecule has 0 radical (unpaired) electrons. The van der Waals surface area contributed by atoms with Crippen LogP contribution in [0.4, 0.5) is 5.69 Å². The molecule has 0 atom stereocenters. The third kappa shape index (κ3) is 4.36. The quantitative estimate of drug-likeness (QED) is 0.687. The van der Waals surface area contributed by atoms with Crippen molar-refractivity contribution in [3.63, 3.8) is 0 Å². The van der Waals surface area contributed by atoms with Crippen molar-refractivity contribution in [1.82, 2.24) is 5.43 Å². The van der Waals surface area contributed by atoms with Gasteiger partial charge in [-0.25, -0.2) is 0 Å². The molecule has 2 aromatic rings. The summed E-state index contributed by atoms with van der Waals surface area (Å²) in [6, 6.07) is 15.3. The molecule has 0 aromatic heterocycles. The zero-order valence-electron chi connectivity index (χ0n) is 12.0. The van der Waals surface area contributed by atoms with Gasteiger partial charge >= 0.3 is 0 Å². The lowest BCUT2D eigenvalue weighted by atomic mass is 10.1. The number of nitrogens with one attached hydrogen (secondary N) is 1. The van der Waals surface area contributed by atoms with Gasteiger partial charge in [0.05, 0.1) is 5.69 Å². The molecule has 0 fully saturated rings. The van der Waals surface area contributed by atoms with E-state index in [4.69, 9.17) is 11.6 Å². The molecule has 0 aliphatic heterocycles. The minimum absolute atomic E-state index is 0.196. The maximum absolute atomic E-state index is 11.9. The normalized spacial score (nSPS) is 10.6. The molecule has 1 amide bonds. The summed E-state index contributed by atoms with van der Waals surface area (Å²) in [4.78, 5) is 11.9. The van der Waals surface area contributed by atoms with Gasteiger partial charge in [-0.2, -0.15) is 0 Å². The number of nitrogens with zero attached hydrogens (tertiary/aromatic N) is 1. The number of amides is 1. The van der Waals surface area contributed by atoms with Crippen molar-refractivity contribution in [3.05, 3.63) is 70.8 Å². The average Bonchev–Trinajstić information content (AvgIpc) is 2.49. The van der Waals surface area contributed by atoms with E-state index < -0.39 is 0 Å². The number of anilines is 1. The minimum atomic E-state index is -0.196. The van der Waals surface area contributed by atoms with E-state index in [-0.39, 0.29) is 5.91 Å². The van der Waals surface area contributed by atoms with E-state index in [0.717, 1.165) is 16.8 Å². The van der Waals surface area contributed by atoms with Gasteiger partial charge in [-0.15, -0.1) is 0 Å². The van der Waals surface area contributed by atoms with Crippen molar-refractivity contribution in [3.8, 4) is 0 Å². The molecule has 0 spiro atoms. The predicted molar refractivity (Wildman–Crippen MR) is 88.2 cm³/mol. The molecule has 0 bridgehead atoms. The fraction of sp³-hybridized carbons (Fsp3) is 0.118. The molecule has 0 saturated carbocycles. The third-order valence-corrected chi connectivity index (χ3v) is 3.45. The second-order valence-electron chi connectivity index (χ2n) is 4.71. The second kappa shape index (κ2) is 6.95. The first-order chi connectivity index (χ1) is 10.1. The molecule has 0 saturated heterocycles. The Morgan fingerprint density at radius 2 is 1.90 bits per heavy atom. The van der Waals surface area contributed by atoms with Crippen LogP contribution in [0.15, 0.2) is 54.6 Å². The third-order valence-electron chi connectivity index (χ3n) is 3.04. The van der Waals surface area contributed by atoms with Crippen molar-refractivity contribution in [2.45, 2.75) is 6.92 Å². The van der Waals surface area contributed by atoms with Crippen LogP contribution in [-0.2, 0) is 4.79 Å². The van der Waals surface area contributed by atoms with E-state index in [1.165, 1.54) is 6.08 Å². The van der Waals surface area contributed by atoms with Crippen molar-refractivity contribution >= 4 is 29.3 Å². The maximum Gasteiger partial charge on any atom is 0.262 e. The van der Waals surface area contributed by atoms with Gasteiger partial charge in [0.25, 0.3) is 5.91 Å². The van der Waals surface area contributed by atoms with E-state index in [9.17, 15) is 4.79 Å². The molecule has 21 heavy (non-hydrogen) atoms. The molecule has 1 N–H and O–H groups in total. The largest absolute Gasteiger partial charge is 0.288 e. The number of rotatable bonds is 4. The zero-order valence-corrected chi connectivity index (χ0v) is 12.8. The van der Waals surface area contributed by atoms with E-state index in [2.05, 4.69) is 5.43 Å². The molecule has 0 aliphatic carbocycles. The van der Waals surface area contributed by atoms with Gasteiger partial charge in [-0.05, 0) is 42.3 Å². The molecule has 0 unspecified atom stereocenters. The highest BCUT2D eigenvalue weighted by molar-refractivity contribution is 6.31. The van der Waals surface area contributed by atoms with Crippen LogP contribution >= 0.6 is 11.6 Å². The Labute approximate surface area is 129 Å². The summed E-state index contributed by atoms with van der Waals surface area (Å²) in [5.74, 6) is -0.196. The van der Waals surface area contributed by atoms with Crippen LogP contribution in [0.3, 0.4) is 0 Å². The molecule has 2 aromatic carbocycles. The number of carbonyl (C=O) groups is 1. The van der Waals surface area contributed by atoms with Crippen molar-refractivity contribution in [2.24, 2.45) is 0 Å². The molecule has 108 valence electrons. The van der Waals surface area contributed by atoms with E-state index in [0.29, 0.717) is 5.02 Å². The minimum Gasteiger partial charge on any atom is -0.288 e. The number of hydrazine groups is 1. The Balaban J connectivity index is 1.98. The van der Waals surface area contributed by atoms with Crippen LogP contribution in [0.25, 0.3) is 6.08 Å². The predicted octanol–water partition coefficient (Wildman–Crippen LogP) is 3.83. The van der Waals surface area contributed by atoms with Crippen LogP contribution < -0.4 is 10.4 Å². The highest BCUT2D eigenvalue weighted by atomic mass is 35.5. The Hall–Kier alpha value is -2.26. The van der Waals surface area contributed by atoms with Gasteiger partial charge in [0.1, 0.15) is 0 Å². The summed E-state index contributed by atoms with van der Waals surface area (Å²) >= 11 is 6.05. The van der Waals surface area contributed by atoms with Crippen molar-refractivity contribution < 1.29 is 4.79 Å². The summed E-state index contributed by atoms with van der Waals surface area (Å²) in [6.45, 7) is 1.94. The topological polar surface area (TPSA) is 32.3 Å². The van der Waals surface area contributed by atoms with Crippen LogP contribution in [-0.4, -0.2) is 13.0 Å². The molecule has 3 nitrogen and oxygen atoms in total.